The van der Waals surface area contributed by atoms with Crippen molar-refractivity contribution in [3.8, 4) is 11.1 Å². The Morgan fingerprint density at radius 1 is 0.964 bits per heavy atom. The smallest absolute Gasteiger partial charge is 0.239 e. The lowest BCUT2D eigenvalue weighted by Gasteiger charge is -2.31. The van der Waals surface area contributed by atoms with Crippen LogP contribution < -0.4 is 5.32 Å². The summed E-state index contributed by atoms with van der Waals surface area (Å²) in [7, 11) is 2.11. The summed E-state index contributed by atoms with van der Waals surface area (Å²) < 4.78 is 0. The Bertz CT molecular complexity index is 978. The number of hydrogen-bond acceptors (Lipinski definition) is 5. The van der Waals surface area contributed by atoms with Gasteiger partial charge >= 0.3 is 0 Å². The second kappa shape index (κ2) is 8.04. The van der Waals surface area contributed by atoms with Gasteiger partial charge in [0.1, 0.15) is 5.82 Å². The number of aryl methyl sites for hydroxylation is 1. The lowest BCUT2D eigenvalue weighted by atomic mass is 10.0. The number of nitrogens with one attached hydrogen (secondary N) is 1. The van der Waals surface area contributed by atoms with Gasteiger partial charge in [0, 0.05) is 55.2 Å². The van der Waals surface area contributed by atoms with Gasteiger partial charge in [-0.2, -0.15) is 0 Å². The van der Waals surface area contributed by atoms with Crippen LogP contribution in [0, 0.1) is 6.92 Å². The highest BCUT2D eigenvalue weighted by molar-refractivity contribution is 5.94. The van der Waals surface area contributed by atoms with Gasteiger partial charge in [0.25, 0.3) is 0 Å². The number of aromatic nitrogens is 2. The monoisotopic (exact) mass is 375 g/mol. The van der Waals surface area contributed by atoms with E-state index in [-0.39, 0.29) is 5.91 Å². The Kier molecular flexibility index (Phi) is 5.32. The number of rotatable bonds is 4. The molecule has 1 saturated heterocycles. The average molecular weight is 375 g/mol. The molecule has 1 aromatic carbocycles. The van der Waals surface area contributed by atoms with Crippen molar-refractivity contribution in [1.82, 2.24) is 19.8 Å². The third-order valence-electron chi connectivity index (χ3n) is 5.20. The molecule has 3 heterocycles. The fourth-order valence-corrected chi connectivity index (χ4v) is 3.42. The maximum Gasteiger partial charge on any atom is 0.239 e. The normalized spacial score (nSPS) is 15.6. The molecule has 1 aliphatic rings. The highest BCUT2D eigenvalue weighted by atomic mass is 16.2. The van der Waals surface area contributed by atoms with Crippen molar-refractivity contribution in [2.45, 2.75) is 6.92 Å². The summed E-state index contributed by atoms with van der Waals surface area (Å²) in [6.45, 7) is 6.22. The number of likely N-dealkylation sites (N-methyl/N-ethyl adjacent to an activating group) is 1. The fourth-order valence-electron chi connectivity index (χ4n) is 3.42. The van der Waals surface area contributed by atoms with Crippen LogP contribution in [0.25, 0.3) is 21.9 Å². The zero-order chi connectivity index (χ0) is 19.5. The molecule has 6 nitrogen and oxygen atoms in total. The number of benzene rings is 1. The summed E-state index contributed by atoms with van der Waals surface area (Å²) in [5.74, 6) is 0.570. The van der Waals surface area contributed by atoms with Crippen LogP contribution in [0.2, 0.25) is 0 Å². The van der Waals surface area contributed by atoms with Crippen LogP contribution in [0.5, 0.6) is 0 Å². The Labute approximate surface area is 165 Å². The van der Waals surface area contributed by atoms with E-state index in [1.165, 1.54) is 0 Å². The maximum absolute atomic E-state index is 12.4. The third-order valence-corrected chi connectivity index (χ3v) is 5.20. The third kappa shape index (κ3) is 4.35. The van der Waals surface area contributed by atoms with Gasteiger partial charge in [0.2, 0.25) is 5.91 Å². The van der Waals surface area contributed by atoms with Gasteiger partial charge in [0.05, 0.1) is 6.54 Å². The highest BCUT2D eigenvalue weighted by Gasteiger charge is 2.16. The summed E-state index contributed by atoms with van der Waals surface area (Å²) >= 11 is 0. The minimum atomic E-state index is -0.0182. The number of fused-ring (bicyclic) bond motifs is 1. The van der Waals surface area contributed by atoms with Gasteiger partial charge in [-0.05, 0) is 43.1 Å². The molecule has 0 bridgehead atoms. The lowest BCUT2D eigenvalue weighted by Crippen LogP contribution is -2.47. The van der Waals surface area contributed by atoms with Crippen molar-refractivity contribution in [3.05, 3.63) is 54.5 Å². The van der Waals surface area contributed by atoms with Crippen molar-refractivity contribution < 1.29 is 4.79 Å². The average Bonchev–Trinajstić information content (AvgIpc) is 2.70. The predicted molar refractivity (Wildman–Crippen MR) is 112 cm³/mol. The molecule has 0 saturated carbocycles. The molecule has 0 atom stereocenters. The van der Waals surface area contributed by atoms with Gasteiger partial charge in [-0.15, -0.1) is 0 Å². The molecule has 4 rings (SSSR count). The summed E-state index contributed by atoms with van der Waals surface area (Å²) in [5.41, 5.74) is 3.17. The van der Waals surface area contributed by atoms with Crippen molar-refractivity contribution in [3.63, 3.8) is 0 Å². The molecule has 2 aromatic heterocycles. The molecule has 144 valence electrons. The largest absolute Gasteiger partial charge is 0.310 e. The van der Waals surface area contributed by atoms with Crippen LogP contribution in [0.1, 0.15) is 5.69 Å². The standard InChI is InChI=1S/C22H25N5O/c1-16-3-4-18(13-23-16)17-5-6-19-14-24-21(12-20(19)11-17)25-22(28)15-27-9-7-26(2)8-10-27/h3-6,11-14H,7-10,15H2,1-2H3,(H,24,25,28). The summed E-state index contributed by atoms with van der Waals surface area (Å²) in [6, 6.07) is 12.2. The number of anilines is 1. The molecule has 0 unspecified atom stereocenters. The molecule has 0 aliphatic carbocycles. The molecule has 28 heavy (non-hydrogen) atoms. The van der Waals surface area contributed by atoms with Crippen LogP contribution in [-0.2, 0) is 4.79 Å². The van der Waals surface area contributed by atoms with Crippen molar-refractivity contribution >= 4 is 22.5 Å². The Hall–Kier alpha value is -2.83. The van der Waals surface area contributed by atoms with E-state index in [0.29, 0.717) is 12.4 Å². The summed E-state index contributed by atoms with van der Waals surface area (Å²) in [4.78, 5) is 25.6. The molecule has 1 N–H and O–H groups in total. The maximum atomic E-state index is 12.4. The Morgan fingerprint density at radius 3 is 2.50 bits per heavy atom. The SMILES string of the molecule is Cc1ccc(-c2ccc3cnc(NC(=O)CN4CCN(C)CC4)cc3c2)cn1. The second-order valence-corrected chi connectivity index (χ2v) is 7.45. The molecular formula is C22H25N5O. The predicted octanol–water partition coefficient (Wildman–Crippen LogP) is 2.79. The molecule has 1 fully saturated rings. The van der Waals surface area contributed by atoms with Crippen molar-refractivity contribution in [2.24, 2.45) is 0 Å². The molecule has 3 aromatic rings. The minimum Gasteiger partial charge on any atom is -0.310 e. The summed E-state index contributed by atoms with van der Waals surface area (Å²) in [6.07, 6.45) is 3.69. The van der Waals surface area contributed by atoms with Gasteiger partial charge in [-0.1, -0.05) is 18.2 Å². The number of nitrogens with zero attached hydrogens (tertiary/aromatic N) is 4. The quantitative estimate of drug-likeness (QED) is 0.760. The van der Waals surface area contributed by atoms with E-state index in [2.05, 4.69) is 50.3 Å². The van der Waals surface area contributed by atoms with Crippen LogP contribution in [0.15, 0.2) is 48.8 Å². The Balaban J connectivity index is 1.48. The second-order valence-electron chi connectivity index (χ2n) is 7.45. The van der Waals surface area contributed by atoms with Crippen LogP contribution in [0.3, 0.4) is 0 Å². The molecule has 0 spiro atoms. The number of hydrogen-bond donors (Lipinski definition) is 1. The topological polar surface area (TPSA) is 61.4 Å². The van der Waals surface area contributed by atoms with E-state index >= 15 is 0 Å². The number of carbonyl (C=O) groups is 1. The van der Waals surface area contributed by atoms with Crippen molar-refractivity contribution in [1.29, 1.82) is 0 Å². The minimum absolute atomic E-state index is 0.0182. The number of amides is 1. The fraction of sp³-hybridized carbons (Fsp3) is 0.318. The van der Waals surface area contributed by atoms with Gasteiger partial charge < -0.3 is 10.2 Å². The highest BCUT2D eigenvalue weighted by Crippen LogP contribution is 2.25. The Morgan fingerprint density at radius 2 is 1.75 bits per heavy atom. The molecule has 6 heteroatoms. The van der Waals surface area contributed by atoms with Crippen molar-refractivity contribution in [2.75, 3.05) is 45.1 Å². The van der Waals surface area contributed by atoms with Gasteiger partial charge in [-0.25, -0.2) is 4.98 Å². The molecule has 0 radical (unpaired) electrons. The number of carbonyl (C=O) groups excluding carboxylic acids is 1. The van der Waals surface area contributed by atoms with E-state index in [0.717, 1.165) is 53.8 Å². The summed E-state index contributed by atoms with van der Waals surface area (Å²) in [5, 5.41) is 5.03. The molecule has 1 amide bonds. The number of piperazine rings is 1. The first-order chi connectivity index (χ1) is 13.6. The van der Waals surface area contributed by atoms with E-state index in [4.69, 9.17) is 0 Å². The first-order valence-corrected chi connectivity index (χ1v) is 9.60. The van der Waals surface area contributed by atoms with Gasteiger partial charge in [0.15, 0.2) is 0 Å². The van der Waals surface area contributed by atoms with Gasteiger partial charge in [-0.3, -0.25) is 14.7 Å². The molecule has 1 aliphatic heterocycles. The van der Waals surface area contributed by atoms with E-state index in [9.17, 15) is 4.79 Å². The molecular weight excluding hydrogens is 350 g/mol. The van der Waals surface area contributed by atoms with Crippen LogP contribution in [-0.4, -0.2) is 65.4 Å². The van der Waals surface area contributed by atoms with Crippen LogP contribution in [0.4, 0.5) is 5.82 Å². The first kappa shape index (κ1) is 18.5. The van der Waals surface area contributed by atoms with E-state index in [1.807, 2.05) is 31.3 Å². The van der Waals surface area contributed by atoms with E-state index < -0.39 is 0 Å². The first-order valence-electron chi connectivity index (χ1n) is 9.60. The lowest BCUT2D eigenvalue weighted by molar-refractivity contribution is -0.117. The van der Waals surface area contributed by atoms with E-state index in [1.54, 1.807) is 6.20 Å². The zero-order valence-corrected chi connectivity index (χ0v) is 16.4. The van der Waals surface area contributed by atoms with Crippen LogP contribution >= 0.6 is 0 Å². The number of pyridine rings is 2. The zero-order valence-electron chi connectivity index (χ0n) is 16.4.